The van der Waals surface area contributed by atoms with Crippen LogP contribution in [0.5, 0.6) is 0 Å². The summed E-state index contributed by atoms with van der Waals surface area (Å²) in [6, 6.07) is 16.5. The lowest BCUT2D eigenvalue weighted by Crippen LogP contribution is -2.50. The standard InChI is InChI=1S/C23H26N2O4S/c1-19-7-9-21(10-8-19)22(26)11-12-23(27)24-14-16-25(17-15-24)30(28,29)18-13-20-5-3-2-4-6-20/h2-10,13,18H,11-12,14-17H2,1H3/b18-13+. The van der Waals surface area contributed by atoms with Crippen LogP contribution >= 0.6 is 0 Å². The summed E-state index contributed by atoms with van der Waals surface area (Å²) in [7, 11) is -3.54. The number of piperazine rings is 1. The maximum Gasteiger partial charge on any atom is 0.236 e. The van der Waals surface area contributed by atoms with Gasteiger partial charge in [-0.2, -0.15) is 4.31 Å². The molecule has 1 aliphatic heterocycles. The van der Waals surface area contributed by atoms with Crippen molar-refractivity contribution in [2.75, 3.05) is 26.2 Å². The lowest BCUT2D eigenvalue weighted by molar-refractivity contribution is -0.132. The molecule has 1 saturated heterocycles. The Morgan fingerprint density at radius 2 is 1.53 bits per heavy atom. The van der Waals surface area contributed by atoms with E-state index in [0.717, 1.165) is 11.1 Å². The molecular formula is C23H26N2O4S. The fraction of sp³-hybridized carbons (Fsp3) is 0.304. The molecule has 1 amide bonds. The fourth-order valence-electron chi connectivity index (χ4n) is 3.27. The van der Waals surface area contributed by atoms with E-state index >= 15 is 0 Å². The molecule has 0 N–H and O–H groups in total. The summed E-state index contributed by atoms with van der Waals surface area (Å²) in [4.78, 5) is 26.3. The van der Waals surface area contributed by atoms with Crippen LogP contribution in [0.25, 0.3) is 6.08 Å². The molecule has 1 heterocycles. The van der Waals surface area contributed by atoms with Gasteiger partial charge in [0.15, 0.2) is 5.78 Å². The Kier molecular flexibility index (Phi) is 7.18. The van der Waals surface area contributed by atoms with Crippen molar-refractivity contribution in [3.05, 3.63) is 76.7 Å². The first-order valence-corrected chi connectivity index (χ1v) is 11.5. The smallest absolute Gasteiger partial charge is 0.236 e. The van der Waals surface area contributed by atoms with Crippen LogP contribution in [0, 0.1) is 6.92 Å². The average Bonchev–Trinajstić information content (AvgIpc) is 2.77. The molecule has 0 unspecified atom stereocenters. The van der Waals surface area contributed by atoms with Crippen molar-refractivity contribution in [3.63, 3.8) is 0 Å². The number of amides is 1. The first-order valence-electron chi connectivity index (χ1n) is 9.96. The first-order chi connectivity index (χ1) is 14.3. The molecule has 30 heavy (non-hydrogen) atoms. The highest BCUT2D eigenvalue weighted by atomic mass is 32.2. The predicted octanol–water partition coefficient (Wildman–Crippen LogP) is 3.10. The number of ketones is 1. The maximum absolute atomic E-state index is 12.5. The molecule has 0 atom stereocenters. The third-order valence-electron chi connectivity index (χ3n) is 5.12. The molecule has 2 aromatic rings. The number of aryl methyl sites for hydroxylation is 1. The summed E-state index contributed by atoms with van der Waals surface area (Å²) < 4.78 is 26.4. The summed E-state index contributed by atoms with van der Waals surface area (Å²) in [6.07, 6.45) is 1.86. The van der Waals surface area contributed by atoms with Gasteiger partial charge in [0.25, 0.3) is 0 Å². The second-order valence-electron chi connectivity index (χ2n) is 7.33. The Morgan fingerprint density at radius 1 is 0.900 bits per heavy atom. The monoisotopic (exact) mass is 426 g/mol. The van der Waals surface area contributed by atoms with Crippen LogP contribution in [-0.2, 0) is 14.8 Å². The maximum atomic E-state index is 12.5. The van der Waals surface area contributed by atoms with Crippen LogP contribution in [-0.4, -0.2) is 55.5 Å². The van der Waals surface area contributed by atoms with E-state index in [1.165, 1.54) is 9.71 Å². The fourth-order valence-corrected chi connectivity index (χ4v) is 4.44. The van der Waals surface area contributed by atoms with Crippen molar-refractivity contribution in [1.82, 2.24) is 9.21 Å². The number of Topliss-reactive ketones (excluding diaryl/α,β-unsaturated/α-hetero) is 1. The van der Waals surface area contributed by atoms with Gasteiger partial charge >= 0.3 is 0 Å². The van der Waals surface area contributed by atoms with Crippen molar-refractivity contribution >= 4 is 27.8 Å². The van der Waals surface area contributed by atoms with Crippen molar-refractivity contribution < 1.29 is 18.0 Å². The zero-order valence-electron chi connectivity index (χ0n) is 17.0. The van der Waals surface area contributed by atoms with E-state index in [2.05, 4.69) is 0 Å². The van der Waals surface area contributed by atoms with Gasteiger partial charge in [-0.25, -0.2) is 8.42 Å². The SMILES string of the molecule is Cc1ccc(C(=O)CCC(=O)N2CCN(S(=O)(=O)/C=C/c3ccccc3)CC2)cc1. The second kappa shape index (κ2) is 9.82. The highest BCUT2D eigenvalue weighted by Gasteiger charge is 2.27. The Bertz CT molecular complexity index is 1010. The lowest BCUT2D eigenvalue weighted by Gasteiger charge is -2.33. The van der Waals surface area contributed by atoms with Crippen LogP contribution in [0.3, 0.4) is 0 Å². The third-order valence-corrected chi connectivity index (χ3v) is 6.69. The number of hydrogen-bond donors (Lipinski definition) is 0. The zero-order valence-corrected chi connectivity index (χ0v) is 17.8. The molecule has 0 saturated carbocycles. The van der Waals surface area contributed by atoms with Crippen molar-refractivity contribution in [2.45, 2.75) is 19.8 Å². The molecule has 0 spiro atoms. The van der Waals surface area contributed by atoms with Crippen molar-refractivity contribution in [2.24, 2.45) is 0 Å². The Labute approximate surface area is 177 Å². The van der Waals surface area contributed by atoms with Crippen molar-refractivity contribution in [1.29, 1.82) is 0 Å². The molecule has 3 rings (SSSR count). The molecule has 0 aromatic heterocycles. The van der Waals surface area contributed by atoms with E-state index in [1.54, 1.807) is 23.1 Å². The zero-order chi connectivity index (χ0) is 21.6. The topological polar surface area (TPSA) is 74.8 Å². The van der Waals surface area contributed by atoms with Gasteiger partial charge in [0.05, 0.1) is 0 Å². The number of hydrogen-bond acceptors (Lipinski definition) is 4. The Balaban J connectivity index is 1.48. The largest absolute Gasteiger partial charge is 0.340 e. The lowest BCUT2D eigenvalue weighted by atomic mass is 10.0. The van der Waals surface area contributed by atoms with E-state index in [0.29, 0.717) is 18.7 Å². The highest BCUT2D eigenvalue weighted by molar-refractivity contribution is 7.92. The molecule has 1 fully saturated rings. The molecule has 7 heteroatoms. The third kappa shape index (κ3) is 5.87. The van der Waals surface area contributed by atoms with E-state index in [1.807, 2.05) is 49.4 Å². The molecular weight excluding hydrogens is 400 g/mol. The number of benzene rings is 2. The van der Waals surface area contributed by atoms with Crippen LogP contribution in [0.4, 0.5) is 0 Å². The van der Waals surface area contributed by atoms with E-state index in [9.17, 15) is 18.0 Å². The van der Waals surface area contributed by atoms with Gasteiger partial charge < -0.3 is 4.90 Å². The first kappa shape index (κ1) is 21.9. The van der Waals surface area contributed by atoms with Gasteiger partial charge in [0.2, 0.25) is 15.9 Å². The van der Waals surface area contributed by atoms with Gasteiger partial charge in [-0.3, -0.25) is 9.59 Å². The van der Waals surface area contributed by atoms with Crippen LogP contribution in [0.2, 0.25) is 0 Å². The summed E-state index contributed by atoms with van der Waals surface area (Å²) in [5.41, 5.74) is 2.50. The van der Waals surface area contributed by atoms with Gasteiger partial charge in [-0.05, 0) is 18.6 Å². The van der Waals surface area contributed by atoms with E-state index in [4.69, 9.17) is 0 Å². The minimum atomic E-state index is -3.54. The molecule has 1 aliphatic rings. The number of rotatable bonds is 7. The summed E-state index contributed by atoms with van der Waals surface area (Å²) in [5, 5.41) is 1.21. The normalized spacial score (nSPS) is 15.4. The van der Waals surface area contributed by atoms with Gasteiger partial charge in [0.1, 0.15) is 0 Å². The number of carbonyl (C=O) groups is 2. The molecule has 2 aromatic carbocycles. The Morgan fingerprint density at radius 3 is 2.17 bits per heavy atom. The summed E-state index contributed by atoms with van der Waals surface area (Å²) in [6.45, 7) is 3.11. The second-order valence-corrected chi connectivity index (χ2v) is 9.15. The van der Waals surface area contributed by atoms with Crippen molar-refractivity contribution in [3.8, 4) is 0 Å². The average molecular weight is 427 g/mol. The predicted molar refractivity (Wildman–Crippen MR) is 117 cm³/mol. The quantitative estimate of drug-likeness (QED) is 0.638. The van der Waals surface area contributed by atoms with Crippen LogP contribution < -0.4 is 0 Å². The van der Waals surface area contributed by atoms with E-state index < -0.39 is 10.0 Å². The minimum Gasteiger partial charge on any atom is -0.340 e. The van der Waals surface area contributed by atoms with Gasteiger partial charge in [0, 0.05) is 50.0 Å². The number of carbonyl (C=O) groups excluding carboxylic acids is 2. The molecule has 0 aliphatic carbocycles. The summed E-state index contributed by atoms with van der Waals surface area (Å²) in [5.74, 6) is -0.178. The summed E-state index contributed by atoms with van der Waals surface area (Å²) >= 11 is 0. The molecule has 0 bridgehead atoms. The molecule has 6 nitrogen and oxygen atoms in total. The van der Waals surface area contributed by atoms with Crippen LogP contribution in [0.15, 0.2) is 60.0 Å². The molecule has 158 valence electrons. The Hall–Kier alpha value is -2.77. The number of sulfonamides is 1. The van der Waals surface area contributed by atoms with Gasteiger partial charge in [-0.1, -0.05) is 60.2 Å². The molecule has 0 radical (unpaired) electrons. The van der Waals surface area contributed by atoms with Crippen LogP contribution in [0.1, 0.15) is 34.3 Å². The van der Waals surface area contributed by atoms with Gasteiger partial charge in [-0.15, -0.1) is 0 Å². The van der Waals surface area contributed by atoms with E-state index in [-0.39, 0.29) is 37.6 Å². The number of nitrogens with zero attached hydrogens (tertiary/aromatic N) is 2. The minimum absolute atomic E-state index is 0.0596. The highest BCUT2D eigenvalue weighted by Crippen LogP contribution is 2.14.